The molecule has 1 aromatic rings. The maximum Gasteiger partial charge on any atom is 0.155 e. The number of benzene rings is 1. The Labute approximate surface area is 171 Å². The molecular weight excluding hydrogens is 370 g/mol. The highest BCUT2D eigenvalue weighted by Crippen LogP contribution is 2.34. The van der Waals surface area contributed by atoms with Crippen molar-refractivity contribution in [3.8, 4) is 0 Å². The van der Waals surface area contributed by atoms with Crippen LogP contribution in [0.5, 0.6) is 0 Å². The molecule has 2 fully saturated rings. The van der Waals surface area contributed by atoms with Gasteiger partial charge in [0.15, 0.2) is 9.84 Å². The third-order valence-corrected chi connectivity index (χ3v) is 9.26. The van der Waals surface area contributed by atoms with E-state index in [9.17, 15) is 8.42 Å². The van der Waals surface area contributed by atoms with E-state index in [0.29, 0.717) is 11.7 Å². The van der Waals surface area contributed by atoms with Gasteiger partial charge in [0, 0.05) is 18.8 Å². The van der Waals surface area contributed by atoms with Crippen molar-refractivity contribution in [2.24, 2.45) is 11.8 Å². The van der Waals surface area contributed by atoms with Crippen molar-refractivity contribution in [3.63, 3.8) is 0 Å². The Kier molecular flexibility index (Phi) is 7.08. The molecule has 5 heteroatoms. The summed E-state index contributed by atoms with van der Waals surface area (Å²) >= 11 is 0. The topological polar surface area (TPSA) is 46.6 Å². The molecule has 1 aromatic carbocycles. The number of aryl methyl sites for hydroxylation is 1. The molecule has 2 aliphatic rings. The van der Waals surface area contributed by atoms with Crippen molar-refractivity contribution < 1.29 is 13.2 Å². The Morgan fingerprint density at radius 1 is 1.04 bits per heavy atom. The monoisotopic (exact) mass is 407 g/mol. The summed E-state index contributed by atoms with van der Waals surface area (Å²) in [6, 6.07) is 8.96. The number of hydrogen-bond acceptors (Lipinski definition) is 4. The normalized spacial score (nSPS) is 24.3. The summed E-state index contributed by atoms with van der Waals surface area (Å²) in [7, 11) is -3.00. The van der Waals surface area contributed by atoms with Crippen LogP contribution in [0.2, 0.25) is 0 Å². The summed E-state index contributed by atoms with van der Waals surface area (Å²) in [5.74, 6) is 1.45. The first-order valence-corrected chi connectivity index (χ1v) is 12.5. The lowest BCUT2D eigenvalue weighted by atomic mass is 9.80. The second-order valence-electron chi connectivity index (χ2n) is 9.59. The summed E-state index contributed by atoms with van der Waals surface area (Å²) < 4.78 is 29.8. The van der Waals surface area contributed by atoms with Crippen molar-refractivity contribution in [1.82, 2.24) is 0 Å². The summed E-state index contributed by atoms with van der Waals surface area (Å²) in [5.41, 5.74) is 2.73. The van der Waals surface area contributed by atoms with Gasteiger partial charge in [0.25, 0.3) is 0 Å². The van der Waals surface area contributed by atoms with Crippen LogP contribution in [0.3, 0.4) is 0 Å². The van der Waals surface area contributed by atoms with Crippen LogP contribution in [-0.2, 0) is 21.0 Å². The Morgan fingerprint density at radius 3 is 2.32 bits per heavy atom. The van der Waals surface area contributed by atoms with E-state index in [-0.39, 0.29) is 0 Å². The van der Waals surface area contributed by atoms with Crippen LogP contribution in [-0.4, -0.2) is 45.2 Å². The van der Waals surface area contributed by atoms with Gasteiger partial charge in [-0.25, -0.2) is 8.42 Å². The molecule has 0 aromatic heterocycles. The Bertz CT molecular complexity index is 724. The van der Waals surface area contributed by atoms with Gasteiger partial charge in [-0.2, -0.15) is 0 Å². The number of hydrogen-bond donors (Lipinski definition) is 0. The highest BCUT2D eigenvalue weighted by molar-refractivity contribution is 7.92. The SMILES string of the molecule is CC(C)(C)S(=O)(=O)CC1CCC(CCc2cccc(N3CCOCC3)c2)CC1. The molecule has 1 saturated heterocycles. The Balaban J connectivity index is 1.46. The molecule has 0 bridgehead atoms. The fourth-order valence-corrected chi connectivity index (χ4v) is 5.80. The minimum absolute atomic E-state index is 0.352. The van der Waals surface area contributed by atoms with Gasteiger partial charge >= 0.3 is 0 Å². The first kappa shape index (κ1) is 21.6. The molecule has 158 valence electrons. The highest BCUT2D eigenvalue weighted by Gasteiger charge is 2.33. The van der Waals surface area contributed by atoms with Crippen molar-refractivity contribution in [2.45, 2.75) is 64.0 Å². The number of sulfone groups is 1. The first-order valence-electron chi connectivity index (χ1n) is 10.9. The van der Waals surface area contributed by atoms with Gasteiger partial charge in [0.2, 0.25) is 0 Å². The van der Waals surface area contributed by atoms with Crippen molar-refractivity contribution in [3.05, 3.63) is 29.8 Å². The molecule has 1 aliphatic heterocycles. The van der Waals surface area contributed by atoms with E-state index in [4.69, 9.17) is 4.74 Å². The average molecular weight is 408 g/mol. The van der Waals surface area contributed by atoms with Crippen LogP contribution in [0.15, 0.2) is 24.3 Å². The minimum atomic E-state index is -3.00. The van der Waals surface area contributed by atoms with E-state index in [1.165, 1.54) is 30.5 Å². The minimum Gasteiger partial charge on any atom is -0.378 e. The predicted octanol–water partition coefficient (Wildman–Crippen LogP) is 4.48. The van der Waals surface area contributed by atoms with Gasteiger partial charge < -0.3 is 9.64 Å². The van der Waals surface area contributed by atoms with Crippen LogP contribution < -0.4 is 4.90 Å². The van der Waals surface area contributed by atoms with Crippen molar-refractivity contribution >= 4 is 15.5 Å². The third kappa shape index (κ3) is 5.73. The fourth-order valence-electron chi connectivity index (χ4n) is 4.35. The number of anilines is 1. The molecule has 0 N–H and O–H groups in total. The predicted molar refractivity (Wildman–Crippen MR) is 117 cm³/mol. The summed E-state index contributed by atoms with van der Waals surface area (Å²) in [6.45, 7) is 9.05. The molecule has 0 radical (unpaired) electrons. The maximum absolute atomic E-state index is 12.5. The zero-order valence-corrected chi connectivity index (χ0v) is 18.6. The molecule has 0 spiro atoms. The lowest BCUT2D eigenvalue weighted by Crippen LogP contribution is -2.36. The molecule has 1 aliphatic carbocycles. The van der Waals surface area contributed by atoms with E-state index in [0.717, 1.165) is 51.5 Å². The van der Waals surface area contributed by atoms with Crippen LogP contribution in [0.25, 0.3) is 0 Å². The molecule has 0 atom stereocenters. The largest absolute Gasteiger partial charge is 0.378 e. The molecule has 0 unspecified atom stereocenters. The van der Waals surface area contributed by atoms with Gasteiger partial charge in [-0.15, -0.1) is 0 Å². The van der Waals surface area contributed by atoms with Crippen LogP contribution >= 0.6 is 0 Å². The van der Waals surface area contributed by atoms with Gasteiger partial charge in [-0.3, -0.25) is 0 Å². The molecule has 1 heterocycles. The number of morpholine rings is 1. The molecule has 0 amide bonds. The zero-order chi connectivity index (χ0) is 20.2. The van der Waals surface area contributed by atoms with E-state index < -0.39 is 14.6 Å². The highest BCUT2D eigenvalue weighted by atomic mass is 32.2. The van der Waals surface area contributed by atoms with Gasteiger partial charge in [0.05, 0.1) is 23.7 Å². The van der Waals surface area contributed by atoms with Crippen LogP contribution in [0.4, 0.5) is 5.69 Å². The van der Waals surface area contributed by atoms with Crippen molar-refractivity contribution in [1.29, 1.82) is 0 Å². The van der Waals surface area contributed by atoms with Gasteiger partial charge in [-0.05, 0) is 76.0 Å². The lowest BCUT2D eigenvalue weighted by Gasteiger charge is -2.31. The van der Waals surface area contributed by atoms with Crippen LogP contribution in [0.1, 0.15) is 58.4 Å². The fraction of sp³-hybridized carbons (Fsp3) is 0.739. The van der Waals surface area contributed by atoms with E-state index in [1.54, 1.807) is 0 Å². The van der Waals surface area contributed by atoms with E-state index in [1.807, 2.05) is 20.8 Å². The smallest absolute Gasteiger partial charge is 0.155 e. The Hall–Kier alpha value is -1.07. The number of rotatable bonds is 6. The van der Waals surface area contributed by atoms with E-state index >= 15 is 0 Å². The average Bonchev–Trinajstić information content (AvgIpc) is 2.67. The summed E-state index contributed by atoms with van der Waals surface area (Å²) in [6.07, 6.45) is 6.81. The zero-order valence-electron chi connectivity index (χ0n) is 17.8. The molecule has 3 rings (SSSR count). The molecule has 28 heavy (non-hydrogen) atoms. The second-order valence-corrected chi connectivity index (χ2v) is 12.4. The molecule has 1 saturated carbocycles. The summed E-state index contributed by atoms with van der Waals surface area (Å²) in [4.78, 5) is 2.41. The van der Waals surface area contributed by atoms with Crippen LogP contribution in [0, 0.1) is 11.8 Å². The van der Waals surface area contributed by atoms with E-state index in [2.05, 4.69) is 29.2 Å². The quantitative estimate of drug-likeness (QED) is 0.698. The number of nitrogens with zero attached hydrogens (tertiary/aromatic N) is 1. The molecular formula is C23H37NO3S. The first-order chi connectivity index (χ1) is 13.2. The maximum atomic E-state index is 12.5. The van der Waals surface area contributed by atoms with Crippen molar-refractivity contribution in [2.75, 3.05) is 37.0 Å². The van der Waals surface area contributed by atoms with Gasteiger partial charge in [0.1, 0.15) is 0 Å². The Morgan fingerprint density at radius 2 is 1.68 bits per heavy atom. The van der Waals surface area contributed by atoms with Gasteiger partial charge in [-0.1, -0.05) is 25.0 Å². The lowest BCUT2D eigenvalue weighted by molar-refractivity contribution is 0.122. The third-order valence-electron chi connectivity index (χ3n) is 6.48. The summed E-state index contributed by atoms with van der Waals surface area (Å²) in [5, 5.41) is 0. The number of ether oxygens (including phenoxy) is 1. The standard InChI is InChI=1S/C23H37NO3S/c1-23(2,3)28(25,26)18-21-11-8-19(9-12-21)7-10-20-5-4-6-22(17-20)24-13-15-27-16-14-24/h4-6,17,19,21H,7-16,18H2,1-3H3. The second kappa shape index (κ2) is 9.17. The molecule has 4 nitrogen and oxygen atoms in total.